The summed E-state index contributed by atoms with van der Waals surface area (Å²) in [6.45, 7) is 2.72. The Morgan fingerprint density at radius 2 is 1.26 bits per heavy atom. The fourth-order valence-electron chi connectivity index (χ4n) is 2.66. The van der Waals surface area contributed by atoms with Crippen LogP contribution in [0.4, 0.5) is 11.4 Å². The first-order valence-electron chi connectivity index (χ1n) is 6.88. The van der Waals surface area contributed by atoms with Crippen molar-refractivity contribution >= 4 is 45.8 Å². The molecule has 4 amide bonds. The second-order valence-electron chi connectivity index (χ2n) is 5.29. The van der Waals surface area contributed by atoms with Crippen LogP contribution in [0.1, 0.15) is 34.6 Å². The number of nitrogens with one attached hydrogen (secondary N) is 3. The van der Waals surface area contributed by atoms with Gasteiger partial charge in [-0.25, -0.2) is 0 Å². The van der Waals surface area contributed by atoms with E-state index in [1.807, 2.05) is 0 Å². The van der Waals surface area contributed by atoms with Crippen molar-refractivity contribution in [2.75, 3.05) is 10.6 Å². The number of benzene rings is 2. The van der Waals surface area contributed by atoms with Gasteiger partial charge in [0.05, 0.1) is 11.1 Å². The summed E-state index contributed by atoms with van der Waals surface area (Å²) in [7, 11) is 0. The van der Waals surface area contributed by atoms with E-state index in [-0.39, 0.29) is 11.8 Å². The molecule has 116 valence electrons. The molecule has 0 aliphatic carbocycles. The molecular formula is C16H13N3O4. The van der Waals surface area contributed by atoms with Crippen LogP contribution in [0.3, 0.4) is 0 Å². The number of imide groups is 1. The number of amides is 4. The van der Waals surface area contributed by atoms with E-state index in [2.05, 4.69) is 16.0 Å². The SMILES string of the molecule is CC(=O)Nc1cc2c3c(cc(NC(C)=O)cc3c1)C(=O)NC2=O. The lowest BCUT2D eigenvalue weighted by Crippen LogP contribution is -2.35. The average molecular weight is 311 g/mol. The molecule has 7 heteroatoms. The minimum Gasteiger partial charge on any atom is -0.326 e. The van der Waals surface area contributed by atoms with Crippen molar-refractivity contribution < 1.29 is 19.2 Å². The summed E-state index contributed by atoms with van der Waals surface area (Å²) in [6, 6.07) is 6.35. The lowest BCUT2D eigenvalue weighted by molar-refractivity contribution is -0.115. The topological polar surface area (TPSA) is 104 Å². The highest BCUT2D eigenvalue weighted by atomic mass is 16.2. The number of hydrogen-bond donors (Lipinski definition) is 3. The van der Waals surface area contributed by atoms with Gasteiger partial charge in [0.15, 0.2) is 0 Å². The highest BCUT2D eigenvalue weighted by Gasteiger charge is 2.26. The number of carbonyl (C=O) groups excluding carboxylic acids is 4. The Bertz CT molecular complexity index is 833. The lowest BCUT2D eigenvalue weighted by Gasteiger charge is -2.19. The van der Waals surface area contributed by atoms with Gasteiger partial charge in [-0.05, 0) is 29.7 Å². The Hall–Kier alpha value is -3.22. The average Bonchev–Trinajstić information content (AvgIpc) is 2.42. The third-order valence-corrected chi connectivity index (χ3v) is 3.41. The Morgan fingerprint density at radius 1 is 0.826 bits per heavy atom. The van der Waals surface area contributed by atoms with E-state index < -0.39 is 11.8 Å². The summed E-state index contributed by atoms with van der Waals surface area (Å²) in [5, 5.41) is 8.57. The van der Waals surface area contributed by atoms with Gasteiger partial charge in [-0.3, -0.25) is 24.5 Å². The van der Waals surface area contributed by atoms with Crippen molar-refractivity contribution in [3.8, 4) is 0 Å². The van der Waals surface area contributed by atoms with Crippen molar-refractivity contribution in [3.05, 3.63) is 35.4 Å². The predicted molar refractivity (Wildman–Crippen MR) is 84.4 cm³/mol. The molecule has 0 aromatic heterocycles. The fraction of sp³-hybridized carbons (Fsp3) is 0.125. The molecule has 0 unspecified atom stereocenters. The summed E-state index contributed by atoms with van der Waals surface area (Å²) in [5.41, 5.74) is 1.48. The van der Waals surface area contributed by atoms with Crippen molar-refractivity contribution in [1.82, 2.24) is 5.32 Å². The molecule has 0 radical (unpaired) electrons. The normalized spacial score (nSPS) is 12.8. The Balaban J connectivity index is 2.30. The molecule has 1 aliphatic rings. The molecule has 0 spiro atoms. The maximum absolute atomic E-state index is 12.1. The van der Waals surface area contributed by atoms with E-state index in [9.17, 15) is 19.2 Å². The first-order chi connectivity index (χ1) is 10.8. The maximum atomic E-state index is 12.1. The molecular weight excluding hydrogens is 298 g/mol. The van der Waals surface area contributed by atoms with Crippen molar-refractivity contribution in [2.45, 2.75) is 13.8 Å². The van der Waals surface area contributed by atoms with Crippen molar-refractivity contribution in [1.29, 1.82) is 0 Å². The minimum absolute atomic E-state index is 0.276. The Morgan fingerprint density at radius 3 is 1.65 bits per heavy atom. The van der Waals surface area contributed by atoms with E-state index in [0.717, 1.165) is 0 Å². The van der Waals surface area contributed by atoms with Gasteiger partial charge < -0.3 is 10.6 Å². The first kappa shape index (κ1) is 14.7. The summed E-state index contributed by atoms with van der Waals surface area (Å²) in [4.78, 5) is 46.6. The molecule has 0 bridgehead atoms. The van der Waals surface area contributed by atoms with Crippen LogP contribution in [-0.2, 0) is 9.59 Å². The zero-order chi connectivity index (χ0) is 16.7. The van der Waals surface area contributed by atoms with E-state index in [1.165, 1.54) is 26.0 Å². The second-order valence-corrected chi connectivity index (χ2v) is 5.29. The van der Waals surface area contributed by atoms with Crippen LogP contribution in [0, 0.1) is 0 Å². The maximum Gasteiger partial charge on any atom is 0.258 e. The standard InChI is InChI=1S/C16H13N3O4/c1-7(20)17-10-3-9-4-11(18-8(2)21)6-13-14(9)12(5-10)15(22)19-16(13)23/h3-6H,1-2H3,(H,17,20)(H,18,21)(H,19,22,23). The second kappa shape index (κ2) is 5.20. The quantitative estimate of drug-likeness (QED) is 0.733. The van der Waals surface area contributed by atoms with Crippen molar-refractivity contribution in [2.24, 2.45) is 0 Å². The van der Waals surface area contributed by atoms with Gasteiger partial charge in [-0.1, -0.05) is 0 Å². The molecule has 7 nitrogen and oxygen atoms in total. The van der Waals surface area contributed by atoms with E-state index in [0.29, 0.717) is 33.3 Å². The van der Waals surface area contributed by atoms with Crippen LogP contribution in [0.15, 0.2) is 24.3 Å². The zero-order valence-corrected chi connectivity index (χ0v) is 12.4. The summed E-state index contributed by atoms with van der Waals surface area (Å²) in [6.07, 6.45) is 0. The molecule has 3 rings (SSSR count). The van der Waals surface area contributed by atoms with Crippen molar-refractivity contribution in [3.63, 3.8) is 0 Å². The summed E-state index contributed by atoms with van der Waals surface area (Å²) in [5.74, 6) is -1.59. The number of carbonyl (C=O) groups is 4. The summed E-state index contributed by atoms with van der Waals surface area (Å²) < 4.78 is 0. The third-order valence-electron chi connectivity index (χ3n) is 3.41. The highest BCUT2D eigenvalue weighted by molar-refractivity contribution is 6.26. The van der Waals surface area contributed by atoms with Crippen LogP contribution >= 0.6 is 0 Å². The summed E-state index contributed by atoms with van der Waals surface area (Å²) >= 11 is 0. The van der Waals surface area contributed by atoms with E-state index >= 15 is 0 Å². The van der Waals surface area contributed by atoms with Crippen LogP contribution in [-0.4, -0.2) is 23.6 Å². The van der Waals surface area contributed by atoms with E-state index in [4.69, 9.17) is 0 Å². The van der Waals surface area contributed by atoms with E-state index in [1.54, 1.807) is 12.1 Å². The molecule has 2 aromatic carbocycles. The molecule has 0 saturated heterocycles. The van der Waals surface area contributed by atoms with Gasteiger partial charge in [0.2, 0.25) is 11.8 Å². The van der Waals surface area contributed by atoms with Gasteiger partial charge in [-0.2, -0.15) is 0 Å². The predicted octanol–water partition coefficient (Wildman–Crippen LogP) is 1.64. The number of rotatable bonds is 2. The number of anilines is 2. The molecule has 23 heavy (non-hydrogen) atoms. The molecule has 0 fully saturated rings. The van der Waals surface area contributed by atoms with Crippen LogP contribution in [0.25, 0.3) is 10.8 Å². The molecule has 1 aliphatic heterocycles. The molecule has 0 saturated carbocycles. The van der Waals surface area contributed by atoms with Gasteiger partial charge in [-0.15, -0.1) is 0 Å². The molecule has 3 N–H and O–H groups in total. The monoisotopic (exact) mass is 311 g/mol. The van der Waals surface area contributed by atoms with Crippen LogP contribution in [0.5, 0.6) is 0 Å². The van der Waals surface area contributed by atoms with Crippen LogP contribution < -0.4 is 16.0 Å². The zero-order valence-electron chi connectivity index (χ0n) is 12.4. The van der Waals surface area contributed by atoms with Gasteiger partial charge >= 0.3 is 0 Å². The molecule has 1 heterocycles. The smallest absolute Gasteiger partial charge is 0.258 e. The Kier molecular flexibility index (Phi) is 3.33. The molecule has 0 atom stereocenters. The lowest BCUT2D eigenvalue weighted by atomic mass is 9.93. The van der Waals surface area contributed by atoms with Gasteiger partial charge in [0.1, 0.15) is 0 Å². The highest BCUT2D eigenvalue weighted by Crippen LogP contribution is 2.32. The fourth-order valence-corrected chi connectivity index (χ4v) is 2.66. The Labute approximate surface area is 131 Å². The number of hydrogen-bond acceptors (Lipinski definition) is 4. The molecule has 2 aromatic rings. The van der Waals surface area contributed by atoms with Crippen LogP contribution in [0.2, 0.25) is 0 Å². The third kappa shape index (κ3) is 2.64. The first-order valence-corrected chi connectivity index (χ1v) is 6.88. The largest absolute Gasteiger partial charge is 0.326 e. The van der Waals surface area contributed by atoms with Gasteiger partial charge in [0, 0.05) is 30.6 Å². The van der Waals surface area contributed by atoms with Gasteiger partial charge in [0.25, 0.3) is 11.8 Å². The minimum atomic E-state index is -0.521.